The molecule has 0 N–H and O–H groups in total. The van der Waals surface area contributed by atoms with Crippen molar-refractivity contribution in [2.24, 2.45) is 10.4 Å². The average molecular weight is 351 g/mol. The van der Waals surface area contributed by atoms with E-state index in [4.69, 9.17) is 22.8 Å². The van der Waals surface area contributed by atoms with Gasteiger partial charge in [0.25, 0.3) is 0 Å². The van der Waals surface area contributed by atoms with E-state index in [1.165, 1.54) is 0 Å². The summed E-state index contributed by atoms with van der Waals surface area (Å²) in [4.78, 5) is 20.2. The van der Waals surface area contributed by atoms with Gasteiger partial charge < -0.3 is 14.5 Å². The molecule has 0 aromatic carbocycles. The number of terminal acetylenes is 1. The third-order valence-electron chi connectivity index (χ3n) is 3.48. The van der Waals surface area contributed by atoms with Crippen molar-refractivity contribution in [3.05, 3.63) is 34.0 Å². The van der Waals surface area contributed by atoms with Crippen LogP contribution in [0.3, 0.4) is 0 Å². The third kappa shape index (κ3) is 5.16. The van der Waals surface area contributed by atoms with Gasteiger partial charge in [-0.1, -0.05) is 28.7 Å². The minimum Gasteiger partial charge on any atom is -0.341 e. The Morgan fingerprint density at radius 1 is 1.50 bits per heavy atom. The van der Waals surface area contributed by atoms with Crippen molar-refractivity contribution in [3.63, 3.8) is 0 Å². The maximum atomic E-state index is 10.5. The molecule has 128 valence electrons. The molecule has 0 spiro atoms. The molecule has 0 aliphatic carbocycles. The fourth-order valence-electron chi connectivity index (χ4n) is 2.35. The molecule has 1 aromatic heterocycles. The number of ether oxygens (including phenoxy) is 1. The van der Waals surface area contributed by atoms with Gasteiger partial charge in [0.2, 0.25) is 5.96 Å². The van der Waals surface area contributed by atoms with Gasteiger partial charge in [0.05, 0.1) is 11.8 Å². The zero-order chi connectivity index (χ0) is 17.4. The van der Waals surface area contributed by atoms with Crippen LogP contribution in [0.2, 0.25) is 5.15 Å². The minimum atomic E-state index is 0.352. The highest BCUT2D eigenvalue weighted by molar-refractivity contribution is 6.29. The highest BCUT2D eigenvalue weighted by atomic mass is 35.5. The molecule has 0 unspecified atom stereocenters. The number of hydrogen-bond acceptors (Lipinski definition) is 5. The summed E-state index contributed by atoms with van der Waals surface area (Å²) in [5.41, 5.74) is 1.02. The lowest BCUT2D eigenvalue weighted by atomic mass is 10.2. The van der Waals surface area contributed by atoms with E-state index in [0.717, 1.165) is 5.56 Å². The standard InChI is InChI=1S/C15H19ClN6O2/c1-3-6-21(10-13-4-5-14(16)17-9-13)7-8-22-12-24-11-20(2)15(22)18-19-23/h1,4-5,9H,6-8,10-12H2,2H3/b18-15+. The number of aromatic nitrogens is 1. The van der Waals surface area contributed by atoms with Crippen molar-refractivity contribution < 1.29 is 4.74 Å². The Kier molecular flexibility index (Phi) is 6.93. The summed E-state index contributed by atoms with van der Waals surface area (Å²) in [6.07, 6.45) is 7.19. The van der Waals surface area contributed by atoms with E-state index < -0.39 is 0 Å². The monoisotopic (exact) mass is 350 g/mol. The lowest BCUT2D eigenvalue weighted by Gasteiger charge is -2.36. The summed E-state index contributed by atoms with van der Waals surface area (Å²) in [5, 5.41) is 6.73. The fraction of sp³-hybridized carbons (Fsp3) is 0.467. The lowest BCUT2D eigenvalue weighted by Crippen LogP contribution is -2.51. The molecule has 2 rings (SSSR count). The van der Waals surface area contributed by atoms with E-state index in [1.807, 2.05) is 11.0 Å². The first-order chi connectivity index (χ1) is 11.6. The molecular weight excluding hydrogens is 332 g/mol. The number of nitrogens with zero attached hydrogens (tertiary/aromatic N) is 6. The Morgan fingerprint density at radius 3 is 3.00 bits per heavy atom. The normalized spacial score (nSPS) is 16.5. The maximum Gasteiger partial charge on any atom is 0.228 e. The average Bonchev–Trinajstić information content (AvgIpc) is 2.57. The summed E-state index contributed by atoms with van der Waals surface area (Å²) in [6, 6.07) is 3.67. The first kappa shape index (κ1) is 18.1. The smallest absolute Gasteiger partial charge is 0.228 e. The number of rotatable bonds is 7. The Hall–Kier alpha value is -2.21. The summed E-state index contributed by atoms with van der Waals surface area (Å²) in [7, 11) is 1.79. The first-order valence-corrected chi connectivity index (χ1v) is 7.72. The number of halogens is 1. The second-order valence-corrected chi connectivity index (χ2v) is 5.70. The molecule has 1 aliphatic rings. The van der Waals surface area contributed by atoms with E-state index in [9.17, 15) is 4.91 Å². The van der Waals surface area contributed by atoms with Crippen LogP contribution < -0.4 is 0 Å². The zero-order valence-electron chi connectivity index (χ0n) is 13.4. The molecule has 2 heterocycles. The molecule has 1 saturated heterocycles. The molecular formula is C15H19ClN6O2. The SMILES string of the molecule is C#CCN(CCN1COCN(C)/C1=N\N=O)Cc1ccc(Cl)nc1. The van der Waals surface area contributed by atoms with Crippen molar-refractivity contribution in [2.45, 2.75) is 6.54 Å². The van der Waals surface area contributed by atoms with Crippen molar-refractivity contribution in [1.82, 2.24) is 19.7 Å². The van der Waals surface area contributed by atoms with Crippen LogP contribution in [0.5, 0.6) is 0 Å². The Labute approximate surface area is 146 Å². The molecule has 0 saturated carbocycles. The summed E-state index contributed by atoms with van der Waals surface area (Å²) in [6.45, 7) is 3.13. The molecule has 0 atom stereocenters. The van der Waals surface area contributed by atoms with Gasteiger partial charge >= 0.3 is 0 Å². The Morgan fingerprint density at radius 2 is 2.33 bits per heavy atom. The van der Waals surface area contributed by atoms with Crippen LogP contribution in [-0.4, -0.2) is 65.8 Å². The van der Waals surface area contributed by atoms with Gasteiger partial charge in [-0.15, -0.1) is 11.3 Å². The van der Waals surface area contributed by atoms with Gasteiger partial charge in [0.15, 0.2) is 0 Å². The summed E-state index contributed by atoms with van der Waals surface area (Å²) < 4.78 is 5.44. The van der Waals surface area contributed by atoms with E-state index in [0.29, 0.717) is 50.8 Å². The second kappa shape index (κ2) is 9.17. The van der Waals surface area contributed by atoms with Crippen LogP contribution in [0.25, 0.3) is 0 Å². The van der Waals surface area contributed by atoms with Crippen LogP contribution in [0, 0.1) is 17.3 Å². The molecule has 1 aliphatic heterocycles. The molecule has 0 bridgehead atoms. The Bertz CT molecular complexity index is 615. The van der Waals surface area contributed by atoms with E-state index in [1.54, 1.807) is 24.2 Å². The van der Waals surface area contributed by atoms with Crippen LogP contribution >= 0.6 is 11.6 Å². The van der Waals surface area contributed by atoms with E-state index in [-0.39, 0.29) is 0 Å². The highest BCUT2D eigenvalue weighted by Crippen LogP contribution is 2.10. The van der Waals surface area contributed by atoms with Crippen molar-refractivity contribution in [2.75, 3.05) is 40.1 Å². The molecule has 0 radical (unpaired) electrons. The lowest BCUT2D eigenvalue weighted by molar-refractivity contribution is -0.0205. The number of pyridine rings is 1. The predicted octanol–water partition coefficient (Wildman–Crippen LogP) is 1.39. The summed E-state index contributed by atoms with van der Waals surface area (Å²) >= 11 is 5.80. The largest absolute Gasteiger partial charge is 0.341 e. The van der Waals surface area contributed by atoms with Crippen LogP contribution in [0.15, 0.2) is 28.7 Å². The van der Waals surface area contributed by atoms with Crippen LogP contribution in [0.1, 0.15) is 5.56 Å². The topological polar surface area (TPSA) is 73.6 Å². The fourth-order valence-corrected chi connectivity index (χ4v) is 2.46. The van der Waals surface area contributed by atoms with Gasteiger partial charge in [-0.3, -0.25) is 4.90 Å². The van der Waals surface area contributed by atoms with Gasteiger partial charge in [0, 0.05) is 32.9 Å². The van der Waals surface area contributed by atoms with E-state index in [2.05, 4.69) is 26.2 Å². The predicted molar refractivity (Wildman–Crippen MR) is 91.9 cm³/mol. The van der Waals surface area contributed by atoms with Crippen molar-refractivity contribution in [1.29, 1.82) is 0 Å². The molecule has 9 heteroatoms. The quantitative estimate of drug-likeness (QED) is 0.320. The molecule has 1 fully saturated rings. The van der Waals surface area contributed by atoms with Gasteiger partial charge in [0.1, 0.15) is 18.6 Å². The molecule has 8 nitrogen and oxygen atoms in total. The van der Waals surface area contributed by atoms with Crippen LogP contribution in [0.4, 0.5) is 0 Å². The molecule has 24 heavy (non-hydrogen) atoms. The Balaban J connectivity index is 1.97. The van der Waals surface area contributed by atoms with Gasteiger partial charge in [-0.25, -0.2) is 4.98 Å². The molecule has 1 aromatic rings. The number of guanidine groups is 1. The van der Waals surface area contributed by atoms with Crippen molar-refractivity contribution in [3.8, 4) is 12.3 Å². The van der Waals surface area contributed by atoms with Crippen LogP contribution in [-0.2, 0) is 11.3 Å². The minimum absolute atomic E-state index is 0.352. The maximum absolute atomic E-state index is 10.5. The second-order valence-electron chi connectivity index (χ2n) is 5.31. The van der Waals surface area contributed by atoms with Gasteiger partial charge in [-0.2, -0.15) is 0 Å². The number of nitroso groups, excluding NO2 is 1. The highest BCUT2D eigenvalue weighted by Gasteiger charge is 2.22. The first-order valence-electron chi connectivity index (χ1n) is 7.34. The van der Waals surface area contributed by atoms with Crippen molar-refractivity contribution >= 4 is 17.6 Å². The zero-order valence-corrected chi connectivity index (χ0v) is 14.2. The third-order valence-corrected chi connectivity index (χ3v) is 3.71. The van der Waals surface area contributed by atoms with E-state index >= 15 is 0 Å². The van der Waals surface area contributed by atoms with Gasteiger partial charge in [-0.05, 0) is 11.6 Å². The summed E-state index contributed by atoms with van der Waals surface area (Å²) in [5.74, 6) is 3.14. The number of hydrogen-bond donors (Lipinski definition) is 0. The molecule has 0 amide bonds.